The van der Waals surface area contributed by atoms with Gasteiger partial charge in [-0.3, -0.25) is 0 Å². The molecule has 0 radical (unpaired) electrons. The van der Waals surface area contributed by atoms with Crippen LogP contribution in [0.3, 0.4) is 0 Å². The summed E-state index contributed by atoms with van der Waals surface area (Å²) in [5.74, 6) is -0.376. The Balaban J connectivity index is 2.59. The summed E-state index contributed by atoms with van der Waals surface area (Å²) in [6.07, 6.45) is -4.80. The van der Waals surface area contributed by atoms with Crippen LogP contribution < -0.4 is 4.74 Å². The molecular formula is C14H7ClF3NO. The minimum absolute atomic E-state index is 0.156. The second-order valence-corrected chi connectivity index (χ2v) is 4.28. The van der Waals surface area contributed by atoms with Crippen molar-refractivity contribution in [1.82, 2.24) is 0 Å². The zero-order valence-corrected chi connectivity index (χ0v) is 10.7. The predicted octanol–water partition coefficient (Wildman–Crippen LogP) is 4.78. The number of hydrogen-bond donors (Lipinski definition) is 0. The number of alkyl halides is 3. The van der Waals surface area contributed by atoms with Crippen molar-refractivity contribution in [2.45, 2.75) is 6.36 Å². The summed E-state index contributed by atoms with van der Waals surface area (Å²) >= 11 is 5.84. The van der Waals surface area contributed by atoms with Gasteiger partial charge in [0.2, 0.25) is 0 Å². The zero-order valence-electron chi connectivity index (χ0n) is 9.91. The molecule has 0 aliphatic rings. The van der Waals surface area contributed by atoms with E-state index in [1.807, 2.05) is 6.07 Å². The lowest BCUT2D eigenvalue weighted by molar-refractivity contribution is -0.274. The highest BCUT2D eigenvalue weighted by molar-refractivity contribution is 6.31. The van der Waals surface area contributed by atoms with E-state index in [1.54, 1.807) is 6.07 Å². The topological polar surface area (TPSA) is 33.0 Å². The highest BCUT2D eigenvalue weighted by Gasteiger charge is 2.32. The van der Waals surface area contributed by atoms with Gasteiger partial charge < -0.3 is 4.74 Å². The van der Waals surface area contributed by atoms with Crippen molar-refractivity contribution in [1.29, 1.82) is 5.26 Å². The summed E-state index contributed by atoms with van der Waals surface area (Å²) in [6.45, 7) is 0. The van der Waals surface area contributed by atoms with Crippen molar-refractivity contribution >= 4 is 11.6 Å². The summed E-state index contributed by atoms with van der Waals surface area (Å²) in [5, 5.41) is 9.36. The van der Waals surface area contributed by atoms with Gasteiger partial charge >= 0.3 is 6.36 Å². The molecule has 6 heteroatoms. The molecule has 0 saturated heterocycles. The molecule has 0 saturated carbocycles. The molecule has 102 valence electrons. The Morgan fingerprint density at radius 2 is 1.75 bits per heavy atom. The fraction of sp³-hybridized carbons (Fsp3) is 0.0714. The Hall–Kier alpha value is -2.19. The van der Waals surface area contributed by atoms with E-state index < -0.39 is 6.36 Å². The van der Waals surface area contributed by atoms with Crippen molar-refractivity contribution in [3.63, 3.8) is 0 Å². The van der Waals surface area contributed by atoms with Gasteiger partial charge in [-0.05, 0) is 24.3 Å². The minimum Gasteiger partial charge on any atom is -0.405 e. The third-order valence-corrected chi connectivity index (χ3v) is 2.74. The van der Waals surface area contributed by atoms with Gasteiger partial charge in [0.05, 0.1) is 11.6 Å². The molecule has 0 aliphatic carbocycles. The van der Waals surface area contributed by atoms with Crippen molar-refractivity contribution in [3.8, 4) is 22.9 Å². The van der Waals surface area contributed by atoms with Gasteiger partial charge in [0, 0.05) is 16.1 Å². The molecule has 0 N–H and O–H groups in total. The van der Waals surface area contributed by atoms with E-state index in [0.717, 1.165) is 0 Å². The number of nitriles is 1. The third-order valence-electron chi connectivity index (χ3n) is 2.50. The zero-order chi connectivity index (χ0) is 14.8. The summed E-state index contributed by atoms with van der Waals surface area (Å²) in [7, 11) is 0. The maximum atomic E-state index is 12.4. The van der Waals surface area contributed by atoms with E-state index in [9.17, 15) is 13.2 Å². The van der Waals surface area contributed by atoms with Crippen LogP contribution in [-0.4, -0.2) is 6.36 Å². The summed E-state index contributed by atoms with van der Waals surface area (Å²) in [6, 6.07) is 11.9. The van der Waals surface area contributed by atoms with Gasteiger partial charge in [0.25, 0.3) is 0 Å². The van der Waals surface area contributed by atoms with Gasteiger partial charge in [-0.15, -0.1) is 13.2 Å². The molecule has 0 aliphatic heterocycles. The maximum Gasteiger partial charge on any atom is 0.573 e. The Morgan fingerprint density at radius 1 is 1.05 bits per heavy atom. The molecule has 0 fully saturated rings. The molecular weight excluding hydrogens is 291 g/mol. The Labute approximate surface area is 118 Å². The lowest BCUT2D eigenvalue weighted by atomic mass is 9.99. The molecule has 0 heterocycles. The maximum absolute atomic E-state index is 12.4. The fourth-order valence-corrected chi connectivity index (χ4v) is 1.91. The molecule has 2 aromatic carbocycles. The van der Waals surface area contributed by atoms with E-state index in [-0.39, 0.29) is 16.9 Å². The molecule has 2 aromatic rings. The van der Waals surface area contributed by atoms with Gasteiger partial charge in [-0.1, -0.05) is 29.8 Å². The standard InChI is InChI=1S/C14H7ClF3NO/c15-10-6-5-9(8-19)12(7-10)11-3-1-2-4-13(11)20-14(16,17)18/h1-7H. The minimum atomic E-state index is -4.80. The van der Waals surface area contributed by atoms with Crippen LogP contribution in [0.2, 0.25) is 5.02 Å². The Kier molecular flexibility index (Phi) is 3.86. The van der Waals surface area contributed by atoms with E-state index >= 15 is 0 Å². The van der Waals surface area contributed by atoms with E-state index in [0.29, 0.717) is 10.6 Å². The molecule has 0 bridgehead atoms. The number of para-hydroxylation sites is 1. The first-order chi connectivity index (χ1) is 9.40. The Bertz CT molecular complexity index is 677. The van der Waals surface area contributed by atoms with Crippen molar-refractivity contribution in [3.05, 3.63) is 53.1 Å². The number of benzene rings is 2. The average Bonchev–Trinajstić information content (AvgIpc) is 2.37. The van der Waals surface area contributed by atoms with Crippen molar-refractivity contribution in [2.24, 2.45) is 0 Å². The number of halogens is 4. The summed E-state index contributed by atoms with van der Waals surface area (Å²) in [4.78, 5) is 0. The van der Waals surface area contributed by atoms with Crippen LogP contribution in [0.4, 0.5) is 13.2 Å². The molecule has 2 nitrogen and oxygen atoms in total. The van der Waals surface area contributed by atoms with Crippen LogP contribution >= 0.6 is 11.6 Å². The first kappa shape index (κ1) is 14.2. The first-order valence-electron chi connectivity index (χ1n) is 5.45. The second kappa shape index (κ2) is 5.43. The largest absolute Gasteiger partial charge is 0.573 e. The van der Waals surface area contributed by atoms with E-state index in [2.05, 4.69) is 4.74 Å². The van der Waals surface area contributed by atoms with Crippen LogP contribution in [0, 0.1) is 11.3 Å². The molecule has 0 atom stereocenters. The molecule has 0 aromatic heterocycles. The number of ether oxygens (including phenoxy) is 1. The van der Waals surface area contributed by atoms with Gasteiger partial charge in [-0.2, -0.15) is 5.26 Å². The second-order valence-electron chi connectivity index (χ2n) is 3.85. The van der Waals surface area contributed by atoms with Crippen LogP contribution in [0.5, 0.6) is 5.75 Å². The summed E-state index contributed by atoms with van der Waals surface area (Å²) in [5.41, 5.74) is 0.663. The van der Waals surface area contributed by atoms with Crippen LogP contribution in [0.25, 0.3) is 11.1 Å². The molecule has 0 spiro atoms. The highest BCUT2D eigenvalue weighted by atomic mass is 35.5. The lowest BCUT2D eigenvalue weighted by Gasteiger charge is -2.14. The first-order valence-corrected chi connectivity index (χ1v) is 5.83. The molecule has 0 unspecified atom stereocenters. The monoisotopic (exact) mass is 297 g/mol. The quantitative estimate of drug-likeness (QED) is 0.799. The van der Waals surface area contributed by atoms with E-state index in [4.69, 9.17) is 16.9 Å². The third kappa shape index (κ3) is 3.22. The van der Waals surface area contributed by atoms with Crippen LogP contribution in [0.15, 0.2) is 42.5 Å². The van der Waals surface area contributed by atoms with Crippen LogP contribution in [-0.2, 0) is 0 Å². The molecule has 2 rings (SSSR count). The Morgan fingerprint density at radius 3 is 2.40 bits per heavy atom. The lowest BCUT2D eigenvalue weighted by Crippen LogP contribution is -2.17. The number of hydrogen-bond acceptors (Lipinski definition) is 2. The van der Waals surface area contributed by atoms with Gasteiger partial charge in [-0.25, -0.2) is 0 Å². The van der Waals surface area contributed by atoms with Crippen molar-refractivity contribution in [2.75, 3.05) is 0 Å². The average molecular weight is 298 g/mol. The number of rotatable bonds is 2. The predicted molar refractivity (Wildman–Crippen MR) is 68.3 cm³/mol. The smallest absolute Gasteiger partial charge is 0.405 e. The summed E-state index contributed by atoms with van der Waals surface area (Å²) < 4.78 is 41.1. The normalized spacial score (nSPS) is 10.9. The van der Waals surface area contributed by atoms with Crippen molar-refractivity contribution < 1.29 is 17.9 Å². The van der Waals surface area contributed by atoms with E-state index in [1.165, 1.54) is 36.4 Å². The van der Waals surface area contributed by atoms with Gasteiger partial charge in [0.1, 0.15) is 5.75 Å². The van der Waals surface area contributed by atoms with Crippen LogP contribution in [0.1, 0.15) is 5.56 Å². The molecule has 0 amide bonds. The highest BCUT2D eigenvalue weighted by Crippen LogP contribution is 2.36. The van der Waals surface area contributed by atoms with Gasteiger partial charge in [0.15, 0.2) is 0 Å². The number of nitrogens with zero attached hydrogens (tertiary/aromatic N) is 1. The fourth-order valence-electron chi connectivity index (χ4n) is 1.74. The molecule has 20 heavy (non-hydrogen) atoms. The SMILES string of the molecule is N#Cc1ccc(Cl)cc1-c1ccccc1OC(F)(F)F.